The Morgan fingerprint density at radius 2 is 1.80 bits per heavy atom. The predicted molar refractivity (Wildman–Crippen MR) is 63.8 cm³/mol. The van der Waals surface area contributed by atoms with E-state index in [1.54, 1.807) is 12.1 Å². The molecule has 0 fully saturated rings. The maximum absolute atomic E-state index is 11.6. The minimum Gasteiger partial charge on any atom is -0.426 e. The van der Waals surface area contributed by atoms with Crippen LogP contribution in [0.25, 0.3) is 0 Å². The van der Waals surface area contributed by atoms with Crippen molar-refractivity contribution in [2.45, 2.75) is 26.7 Å². The van der Waals surface area contributed by atoms with Gasteiger partial charge in [0, 0.05) is 4.47 Å². The van der Waals surface area contributed by atoms with Crippen molar-refractivity contribution in [1.82, 2.24) is 0 Å². The van der Waals surface area contributed by atoms with Gasteiger partial charge in [-0.2, -0.15) is 0 Å². The molecule has 1 aromatic rings. The van der Waals surface area contributed by atoms with Crippen molar-refractivity contribution in [3.8, 4) is 5.75 Å². The van der Waals surface area contributed by atoms with Crippen molar-refractivity contribution in [3.05, 3.63) is 28.7 Å². The van der Waals surface area contributed by atoms with Crippen LogP contribution in [0.3, 0.4) is 0 Å². The molecule has 2 nitrogen and oxygen atoms in total. The first-order valence-electron chi connectivity index (χ1n) is 5.14. The molecule has 0 heterocycles. The van der Waals surface area contributed by atoms with Crippen LogP contribution in [-0.2, 0) is 4.79 Å². The topological polar surface area (TPSA) is 26.3 Å². The summed E-state index contributed by atoms with van der Waals surface area (Å²) in [5.41, 5.74) is 0. The van der Waals surface area contributed by atoms with E-state index in [-0.39, 0.29) is 11.9 Å². The van der Waals surface area contributed by atoms with E-state index in [1.807, 2.05) is 26.0 Å². The number of hydrogen-bond donors (Lipinski definition) is 0. The highest BCUT2D eigenvalue weighted by atomic mass is 79.9. The fourth-order valence-corrected chi connectivity index (χ4v) is 1.59. The third kappa shape index (κ3) is 3.67. The van der Waals surface area contributed by atoms with Crippen LogP contribution in [-0.4, -0.2) is 5.97 Å². The Kier molecular flexibility index (Phi) is 4.82. The van der Waals surface area contributed by atoms with E-state index in [1.165, 1.54) is 0 Å². The van der Waals surface area contributed by atoms with Gasteiger partial charge in [-0.05, 0) is 37.1 Å². The van der Waals surface area contributed by atoms with Crippen LogP contribution in [0.15, 0.2) is 28.7 Å². The molecule has 1 rings (SSSR count). The summed E-state index contributed by atoms with van der Waals surface area (Å²) in [5, 5.41) is 0. The van der Waals surface area contributed by atoms with Crippen molar-refractivity contribution in [3.63, 3.8) is 0 Å². The van der Waals surface area contributed by atoms with Gasteiger partial charge in [-0.3, -0.25) is 4.79 Å². The lowest BCUT2D eigenvalue weighted by atomic mass is 10.0. The van der Waals surface area contributed by atoms with Gasteiger partial charge in [-0.25, -0.2) is 0 Å². The van der Waals surface area contributed by atoms with Crippen LogP contribution in [0.4, 0.5) is 0 Å². The number of esters is 1. The van der Waals surface area contributed by atoms with E-state index in [4.69, 9.17) is 4.74 Å². The zero-order chi connectivity index (χ0) is 11.3. The second kappa shape index (κ2) is 5.91. The SMILES string of the molecule is CCC(CC)C(=O)Oc1ccc(Br)cc1. The molecule has 82 valence electrons. The summed E-state index contributed by atoms with van der Waals surface area (Å²) < 4.78 is 6.23. The zero-order valence-corrected chi connectivity index (χ0v) is 10.6. The summed E-state index contributed by atoms with van der Waals surface area (Å²) in [6, 6.07) is 7.28. The number of rotatable bonds is 4. The summed E-state index contributed by atoms with van der Waals surface area (Å²) in [7, 11) is 0. The maximum Gasteiger partial charge on any atom is 0.314 e. The average molecular weight is 271 g/mol. The van der Waals surface area contributed by atoms with Gasteiger partial charge >= 0.3 is 5.97 Å². The Labute approximate surface area is 98.8 Å². The van der Waals surface area contributed by atoms with Gasteiger partial charge < -0.3 is 4.74 Å². The molecule has 3 heteroatoms. The predicted octanol–water partition coefficient (Wildman–Crippen LogP) is 3.79. The fourth-order valence-electron chi connectivity index (χ4n) is 1.32. The molecule has 0 saturated carbocycles. The Morgan fingerprint density at radius 3 is 2.27 bits per heavy atom. The summed E-state index contributed by atoms with van der Waals surface area (Å²) in [6.07, 6.45) is 1.65. The van der Waals surface area contributed by atoms with Crippen molar-refractivity contribution < 1.29 is 9.53 Å². The van der Waals surface area contributed by atoms with Crippen LogP contribution in [0.1, 0.15) is 26.7 Å². The number of carbonyl (C=O) groups excluding carboxylic acids is 1. The fraction of sp³-hybridized carbons (Fsp3) is 0.417. The Balaban J connectivity index is 2.61. The smallest absolute Gasteiger partial charge is 0.314 e. The van der Waals surface area contributed by atoms with Crippen molar-refractivity contribution >= 4 is 21.9 Å². The van der Waals surface area contributed by atoms with Crippen molar-refractivity contribution in [2.24, 2.45) is 5.92 Å². The largest absolute Gasteiger partial charge is 0.426 e. The van der Waals surface area contributed by atoms with Crippen molar-refractivity contribution in [2.75, 3.05) is 0 Å². The van der Waals surface area contributed by atoms with Crippen LogP contribution >= 0.6 is 15.9 Å². The van der Waals surface area contributed by atoms with Crippen LogP contribution in [0, 0.1) is 5.92 Å². The van der Waals surface area contributed by atoms with E-state index >= 15 is 0 Å². The molecule has 0 N–H and O–H groups in total. The molecule has 0 unspecified atom stereocenters. The van der Waals surface area contributed by atoms with E-state index in [0.717, 1.165) is 17.3 Å². The molecular formula is C12H15BrO2. The highest BCUT2D eigenvalue weighted by molar-refractivity contribution is 9.10. The molecule has 0 aliphatic heterocycles. The van der Waals surface area contributed by atoms with Gasteiger partial charge in [0.1, 0.15) is 5.75 Å². The number of benzene rings is 1. The third-order valence-electron chi connectivity index (χ3n) is 2.35. The minimum atomic E-state index is -0.137. The van der Waals surface area contributed by atoms with Gasteiger partial charge in [0.25, 0.3) is 0 Å². The molecule has 0 aliphatic carbocycles. The highest BCUT2D eigenvalue weighted by Gasteiger charge is 2.16. The number of halogens is 1. The molecule has 0 radical (unpaired) electrons. The third-order valence-corrected chi connectivity index (χ3v) is 2.88. The Hall–Kier alpha value is -0.830. The molecule has 15 heavy (non-hydrogen) atoms. The van der Waals surface area contributed by atoms with E-state index in [2.05, 4.69) is 15.9 Å². The molecule has 0 aromatic heterocycles. The van der Waals surface area contributed by atoms with Crippen molar-refractivity contribution in [1.29, 1.82) is 0 Å². The molecular weight excluding hydrogens is 256 g/mol. The lowest BCUT2D eigenvalue weighted by Crippen LogP contribution is -2.19. The molecule has 0 saturated heterocycles. The van der Waals surface area contributed by atoms with Gasteiger partial charge in [-0.15, -0.1) is 0 Å². The standard InChI is InChI=1S/C12H15BrO2/c1-3-9(4-2)12(14)15-11-7-5-10(13)6-8-11/h5-9H,3-4H2,1-2H3. The minimum absolute atomic E-state index is 0.00801. The summed E-state index contributed by atoms with van der Waals surface area (Å²) in [4.78, 5) is 11.6. The molecule has 0 aliphatic rings. The molecule has 0 spiro atoms. The lowest BCUT2D eigenvalue weighted by Gasteiger charge is -2.11. The zero-order valence-electron chi connectivity index (χ0n) is 9.00. The summed E-state index contributed by atoms with van der Waals surface area (Å²) in [5.74, 6) is 0.478. The molecule has 0 amide bonds. The average Bonchev–Trinajstić information content (AvgIpc) is 2.23. The van der Waals surface area contributed by atoms with Gasteiger partial charge in [-0.1, -0.05) is 29.8 Å². The molecule has 1 aromatic carbocycles. The van der Waals surface area contributed by atoms with Crippen LogP contribution in [0.2, 0.25) is 0 Å². The maximum atomic E-state index is 11.6. The lowest BCUT2D eigenvalue weighted by molar-refractivity contribution is -0.139. The van der Waals surface area contributed by atoms with Gasteiger partial charge in [0.2, 0.25) is 0 Å². The second-order valence-corrected chi connectivity index (χ2v) is 4.30. The second-order valence-electron chi connectivity index (χ2n) is 3.39. The van der Waals surface area contributed by atoms with E-state index < -0.39 is 0 Å². The van der Waals surface area contributed by atoms with Gasteiger partial charge in [0.05, 0.1) is 5.92 Å². The van der Waals surface area contributed by atoms with Gasteiger partial charge in [0.15, 0.2) is 0 Å². The number of ether oxygens (including phenoxy) is 1. The molecule has 0 atom stereocenters. The first-order valence-corrected chi connectivity index (χ1v) is 5.94. The first-order chi connectivity index (χ1) is 7.17. The Bertz CT molecular complexity index is 315. The first kappa shape index (κ1) is 12.2. The normalized spacial score (nSPS) is 10.4. The quantitative estimate of drug-likeness (QED) is 0.615. The van der Waals surface area contributed by atoms with E-state index in [0.29, 0.717) is 5.75 Å². The molecule has 0 bridgehead atoms. The van der Waals surface area contributed by atoms with Crippen LogP contribution in [0.5, 0.6) is 5.75 Å². The highest BCUT2D eigenvalue weighted by Crippen LogP contribution is 2.18. The van der Waals surface area contributed by atoms with E-state index in [9.17, 15) is 4.79 Å². The Morgan fingerprint density at radius 1 is 1.27 bits per heavy atom. The monoisotopic (exact) mass is 270 g/mol. The van der Waals surface area contributed by atoms with Crippen LogP contribution < -0.4 is 4.74 Å². The number of carbonyl (C=O) groups is 1. The summed E-state index contributed by atoms with van der Waals surface area (Å²) >= 11 is 3.33. The summed E-state index contributed by atoms with van der Waals surface area (Å²) in [6.45, 7) is 3.99. The number of hydrogen-bond acceptors (Lipinski definition) is 2.